The molecule has 96 valence electrons. The second-order valence-corrected chi connectivity index (χ2v) is 4.08. The fourth-order valence-electron chi connectivity index (χ4n) is 1.96. The van der Waals surface area contributed by atoms with Crippen molar-refractivity contribution in [2.75, 3.05) is 6.54 Å². The molecule has 0 aromatic heterocycles. The van der Waals surface area contributed by atoms with Gasteiger partial charge in [-0.1, -0.05) is 37.3 Å². The first-order chi connectivity index (χ1) is 7.57. The lowest BCUT2D eigenvalue weighted by Gasteiger charge is -2.31. The van der Waals surface area contributed by atoms with Gasteiger partial charge in [-0.15, -0.1) is 12.4 Å². The maximum atomic E-state index is 11.4. The van der Waals surface area contributed by atoms with Crippen LogP contribution in [0.3, 0.4) is 0 Å². The summed E-state index contributed by atoms with van der Waals surface area (Å²) in [4.78, 5) is 13.3. The molecule has 0 aliphatic heterocycles. The number of nitrogens with zero attached hydrogens (tertiary/aromatic N) is 1. The van der Waals surface area contributed by atoms with Crippen LogP contribution in [0.5, 0.6) is 0 Å². The number of carbonyl (C=O) groups is 1. The molecule has 0 saturated heterocycles. The zero-order chi connectivity index (χ0) is 12.1. The second-order valence-electron chi connectivity index (χ2n) is 4.08. The van der Waals surface area contributed by atoms with Crippen LogP contribution in [0.15, 0.2) is 30.3 Å². The number of hydrogen-bond acceptors (Lipinski definition) is 2. The van der Waals surface area contributed by atoms with E-state index in [0.29, 0.717) is 0 Å². The average molecular weight is 258 g/mol. The molecule has 0 radical (unpaired) electrons. The lowest BCUT2D eigenvalue weighted by atomic mass is 10.0. The predicted molar refractivity (Wildman–Crippen MR) is 71.6 cm³/mol. The van der Waals surface area contributed by atoms with E-state index in [4.69, 9.17) is 0 Å². The van der Waals surface area contributed by atoms with Crippen LogP contribution in [0.25, 0.3) is 0 Å². The predicted octanol–water partition coefficient (Wildman–Crippen LogP) is 2.96. The van der Waals surface area contributed by atoms with Crippen molar-refractivity contribution < 1.29 is 9.90 Å². The summed E-state index contributed by atoms with van der Waals surface area (Å²) in [6.45, 7) is 6.74. The van der Waals surface area contributed by atoms with E-state index in [0.717, 1.165) is 12.1 Å². The van der Waals surface area contributed by atoms with Gasteiger partial charge in [-0.2, -0.15) is 0 Å². The van der Waals surface area contributed by atoms with E-state index in [1.807, 2.05) is 56.0 Å². The Bertz CT molecular complexity index is 341. The van der Waals surface area contributed by atoms with Gasteiger partial charge in [0.1, 0.15) is 6.04 Å². The van der Waals surface area contributed by atoms with Crippen molar-refractivity contribution in [3.63, 3.8) is 0 Å². The molecule has 0 aliphatic carbocycles. The summed E-state index contributed by atoms with van der Waals surface area (Å²) >= 11 is 0. The first-order valence-electron chi connectivity index (χ1n) is 5.61. The molecule has 0 spiro atoms. The fraction of sp³-hybridized carbons (Fsp3) is 0.462. The van der Waals surface area contributed by atoms with Gasteiger partial charge in [-0.05, 0) is 26.0 Å². The lowest BCUT2D eigenvalue weighted by Crippen LogP contribution is -2.38. The van der Waals surface area contributed by atoms with Crippen LogP contribution >= 0.6 is 12.4 Å². The lowest BCUT2D eigenvalue weighted by molar-refractivity contribution is -0.144. The van der Waals surface area contributed by atoms with Crippen molar-refractivity contribution in [1.82, 2.24) is 4.90 Å². The van der Waals surface area contributed by atoms with E-state index in [1.54, 1.807) is 0 Å². The molecule has 0 saturated carbocycles. The van der Waals surface area contributed by atoms with Gasteiger partial charge in [-0.3, -0.25) is 9.69 Å². The molecular weight excluding hydrogens is 238 g/mol. The van der Waals surface area contributed by atoms with Crippen molar-refractivity contribution in [3.05, 3.63) is 35.9 Å². The highest BCUT2D eigenvalue weighted by Crippen LogP contribution is 2.22. The summed E-state index contributed by atoms with van der Waals surface area (Å²) in [5, 5.41) is 9.34. The van der Waals surface area contributed by atoms with Crippen LogP contribution in [-0.4, -0.2) is 28.6 Å². The maximum Gasteiger partial charge on any atom is 0.325 e. The summed E-state index contributed by atoms with van der Waals surface area (Å²) in [5.74, 6) is -0.790. The number of rotatable bonds is 5. The Kier molecular flexibility index (Phi) is 6.85. The topological polar surface area (TPSA) is 40.5 Å². The van der Waals surface area contributed by atoms with Gasteiger partial charge in [0.05, 0.1) is 0 Å². The van der Waals surface area contributed by atoms with Crippen molar-refractivity contribution in [1.29, 1.82) is 0 Å². The zero-order valence-electron chi connectivity index (χ0n) is 10.5. The highest BCUT2D eigenvalue weighted by atomic mass is 35.5. The van der Waals surface area contributed by atoms with Crippen molar-refractivity contribution >= 4 is 18.4 Å². The summed E-state index contributed by atoms with van der Waals surface area (Å²) in [7, 11) is 0. The van der Waals surface area contributed by atoms with E-state index >= 15 is 0 Å². The Labute approximate surface area is 109 Å². The van der Waals surface area contributed by atoms with Crippen molar-refractivity contribution in [2.45, 2.75) is 32.9 Å². The van der Waals surface area contributed by atoms with Gasteiger partial charge in [0.15, 0.2) is 0 Å². The number of hydrogen-bond donors (Lipinski definition) is 1. The molecule has 0 fully saturated rings. The SMILES string of the molecule is CCN(C(C)C)C(C(=O)O)c1ccccc1.Cl. The number of likely N-dealkylation sites (N-methyl/N-ethyl adjacent to an activating group) is 1. The van der Waals surface area contributed by atoms with Crippen molar-refractivity contribution in [2.24, 2.45) is 0 Å². The summed E-state index contributed by atoms with van der Waals surface area (Å²) < 4.78 is 0. The van der Waals surface area contributed by atoms with E-state index in [9.17, 15) is 9.90 Å². The third-order valence-electron chi connectivity index (χ3n) is 2.71. The van der Waals surface area contributed by atoms with Crippen LogP contribution < -0.4 is 0 Å². The number of benzene rings is 1. The normalized spacial score (nSPS) is 12.3. The van der Waals surface area contributed by atoms with Gasteiger partial charge in [0, 0.05) is 6.04 Å². The summed E-state index contributed by atoms with van der Waals surface area (Å²) in [6.07, 6.45) is 0. The molecule has 1 atom stereocenters. The molecule has 0 bridgehead atoms. The minimum absolute atomic E-state index is 0. The molecule has 4 heteroatoms. The van der Waals surface area contributed by atoms with E-state index < -0.39 is 12.0 Å². The van der Waals surface area contributed by atoms with Crippen LogP contribution in [0, 0.1) is 0 Å². The number of halogens is 1. The van der Waals surface area contributed by atoms with Gasteiger partial charge < -0.3 is 5.11 Å². The van der Waals surface area contributed by atoms with Crippen LogP contribution in [0.4, 0.5) is 0 Å². The van der Waals surface area contributed by atoms with Gasteiger partial charge in [0.25, 0.3) is 0 Å². The first-order valence-corrected chi connectivity index (χ1v) is 5.61. The molecule has 1 aromatic carbocycles. The zero-order valence-corrected chi connectivity index (χ0v) is 11.3. The van der Waals surface area contributed by atoms with Crippen molar-refractivity contribution in [3.8, 4) is 0 Å². The molecular formula is C13H20ClNO2. The maximum absolute atomic E-state index is 11.4. The smallest absolute Gasteiger partial charge is 0.325 e. The molecule has 0 amide bonds. The van der Waals surface area contributed by atoms with Crippen LogP contribution in [0.2, 0.25) is 0 Å². The monoisotopic (exact) mass is 257 g/mol. The number of carboxylic acid groups (broad SMARTS) is 1. The first kappa shape index (κ1) is 15.9. The Morgan fingerprint density at radius 3 is 2.18 bits per heavy atom. The Morgan fingerprint density at radius 2 is 1.82 bits per heavy atom. The Hall–Kier alpha value is -1.06. The minimum atomic E-state index is -0.790. The van der Waals surface area contributed by atoms with Gasteiger partial charge in [0.2, 0.25) is 0 Å². The summed E-state index contributed by atoms with van der Waals surface area (Å²) in [6, 6.07) is 9.04. The number of aliphatic carboxylic acids is 1. The standard InChI is InChI=1S/C13H19NO2.ClH/c1-4-14(10(2)3)12(13(15)16)11-8-6-5-7-9-11;/h5-10,12H,4H2,1-3H3,(H,15,16);1H. The third kappa shape index (κ3) is 4.02. The highest BCUT2D eigenvalue weighted by Gasteiger charge is 2.27. The second kappa shape index (κ2) is 7.30. The Balaban J connectivity index is 0.00000256. The molecule has 1 aromatic rings. The van der Waals surface area contributed by atoms with E-state index in [-0.39, 0.29) is 18.4 Å². The minimum Gasteiger partial charge on any atom is -0.480 e. The fourth-order valence-corrected chi connectivity index (χ4v) is 1.96. The summed E-state index contributed by atoms with van der Waals surface area (Å²) in [5.41, 5.74) is 0.838. The largest absolute Gasteiger partial charge is 0.480 e. The average Bonchev–Trinajstić information content (AvgIpc) is 2.25. The molecule has 1 unspecified atom stereocenters. The van der Waals surface area contributed by atoms with Crippen LogP contribution in [0.1, 0.15) is 32.4 Å². The molecule has 3 nitrogen and oxygen atoms in total. The molecule has 1 rings (SSSR count). The molecule has 17 heavy (non-hydrogen) atoms. The molecule has 0 aliphatic rings. The molecule has 0 heterocycles. The third-order valence-corrected chi connectivity index (χ3v) is 2.71. The van der Waals surface area contributed by atoms with Crippen LogP contribution in [-0.2, 0) is 4.79 Å². The van der Waals surface area contributed by atoms with Gasteiger partial charge in [-0.25, -0.2) is 0 Å². The molecule has 1 N–H and O–H groups in total. The highest BCUT2D eigenvalue weighted by molar-refractivity contribution is 5.85. The number of carboxylic acids is 1. The van der Waals surface area contributed by atoms with E-state index in [1.165, 1.54) is 0 Å². The quantitative estimate of drug-likeness (QED) is 0.882. The van der Waals surface area contributed by atoms with Gasteiger partial charge >= 0.3 is 5.97 Å². The Morgan fingerprint density at radius 1 is 1.29 bits per heavy atom. The van der Waals surface area contributed by atoms with E-state index in [2.05, 4.69) is 0 Å².